The maximum Gasteiger partial charge on any atom is 0.350 e. The summed E-state index contributed by atoms with van der Waals surface area (Å²) < 4.78 is 0. The fourth-order valence-electron chi connectivity index (χ4n) is 1.68. The third-order valence-corrected chi connectivity index (χ3v) is 3.64. The number of hydrogen-bond acceptors (Lipinski definition) is 3. The van der Waals surface area contributed by atoms with E-state index in [1.54, 1.807) is 30.3 Å². The second-order valence-electron chi connectivity index (χ2n) is 4.22. The topological polar surface area (TPSA) is 66.7 Å². The molecule has 1 amide bonds. The molecule has 0 saturated carbocycles. The minimum absolute atomic E-state index is 0.138. The molecule has 0 atom stereocenters. The van der Waals surface area contributed by atoms with Crippen molar-refractivity contribution >= 4 is 28.9 Å². The third-order valence-electron chi connectivity index (χ3n) is 2.64. The van der Waals surface area contributed by atoms with Crippen LogP contribution in [0.3, 0.4) is 0 Å². The Morgan fingerprint density at radius 2 is 1.85 bits per heavy atom. The molecule has 0 unspecified atom stereocenters. The molecule has 2 rings (SSSR count). The zero-order chi connectivity index (χ0) is 14.5. The van der Waals surface area contributed by atoms with Gasteiger partial charge in [-0.25, -0.2) is 9.79 Å². The van der Waals surface area contributed by atoms with Crippen molar-refractivity contribution in [3.05, 3.63) is 57.8 Å². The van der Waals surface area contributed by atoms with Crippen molar-refractivity contribution in [3.8, 4) is 0 Å². The van der Waals surface area contributed by atoms with Crippen molar-refractivity contribution in [1.29, 1.82) is 0 Å². The van der Waals surface area contributed by atoms with Gasteiger partial charge in [-0.05, 0) is 31.2 Å². The lowest BCUT2D eigenvalue weighted by molar-refractivity contribution is -0.129. The number of carboxylic acids is 1. The van der Waals surface area contributed by atoms with Crippen LogP contribution in [0.1, 0.15) is 20.1 Å². The van der Waals surface area contributed by atoms with Crippen molar-refractivity contribution in [1.82, 2.24) is 0 Å². The molecule has 20 heavy (non-hydrogen) atoms. The standard InChI is InChI=1S/C15H13NO3S/c1-10-7-8-12(20-10)9-13(15(18)19)16-14(17)11-5-3-2-4-6-11/h2-8H,9H2,1H3,(H,18,19). The summed E-state index contributed by atoms with van der Waals surface area (Å²) in [6, 6.07) is 12.2. The summed E-state index contributed by atoms with van der Waals surface area (Å²) in [6.45, 7) is 1.95. The smallest absolute Gasteiger partial charge is 0.350 e. The highest BCUT2D eigenvalue weighted by Gasteiger charge is 2.14. The Morgan fingerprint density at radius 3 is 2.40 bits per heavy atom. The quantitative estimate of drug-likeness (QED) is 0.879. The molecule has 1 aromatic carbocycles. The lowest BCUT2D eigenvalue weighted by Gasteiger charge is -2.00. The van der Waals surface area contributed by atoms with Gasteiger partial charge in [-0.15, -0.1) is 11.3 Å². The predicted molar refractivity (Wildman–Crippen MR) is 78.6 cm³/mol. The Bertz CT molecular complexity index is 659. The zero-order valence-electron chi connectivity index (χ0n) is 10.9. The van der Waals surface area contributed by atoms with Crippen LogP contribution in [0.25, 0.3) is 0 Å². The fraction of sp³-hybridized carbons (Fsp3) is 0.133. The van der Waals surface area contributed by atoms with Gasteiger partial charge in [0.2, 0.25) is 0 Å². The molecule has 1 N–H and O–H groups in total. The maximum absolute atomic E-state index is 11.9. The highest BCUT2D eigenvalue weighted by atomic mass is 32.1. The van der Waals surface area contributed by atoms with E-state index in [1.807, 2.05) is 19.1 Å². The number of thiophene rings is 1. The van der Waals surface area contributed by atoms with Gasteiger partial charge in [0, 0.05) is 21.7 Å². The number of benzene rings is 1. The Morgan fingerprint density at radius 1 is 1.15 bits per heavy atom. The average Bonchev–Trinajstić information content (AvgIpc) is 2.84. The molecule has 0 bridgehead atoms. The van der Waals surface area contributed by atoms with Crippen molar-refractivity contribution in [2.45, 2.75) is 13.3 Å². The third kappa shape index (κ3) is 3.61. The van der Waals surface area contributed by atoms with Crippen molar-refractivity contribution in [2.75, 3.05) is 0 Å². The molecule has 0 fully saturated rings. The Kier molecular flexibility index (Phi) is 4.42. The highest BCUT2D eigenvalue weighted by molar-refractivity contribution is 7.12. The molecule has 0 radical (unpaired) electrons. The van der Waals surface area contributed by atoms with Crippen LogP contribution in [-0.2, 0) is 11.2 Å². The maximum atomic E-state index is 11.9. The number of rotatable bonds is 4. The molecular weight excluding hydrogens is 274 g/mol. The summed E-state index contributed by atoms with van der Waals surface area (Å²) >= 11 is 1.50. The molecule has 0 aliphatic heterocycles. The molecule has 1 aromatic heterocycles. The van der Waals surface area contributed by atoms with Crippen LogP contribution in [0.5, 0.6) is 0 Å². The van der Waals surface area contributed by atoms with Gasteiger partial charge in [-0.2, -0.15) is 0 Å². The van der Waals surface area contributed by atoms with Crippen LogP contribution in [0, 0.1) is 6.92 Å². The Balaban J connectivity index is 2.22. The summed E-state index contributed by atoms with van der Waals surface area (Å²) in [5, 5.41) is 9.16. The van der Waals surface area contributed by atoms with Gasteiger partial charge < -0.3 is 5.11 Å². The number of carbonyl (C=O) groups excluding carboxylic acids is 1. The van der Waals surface area contributed by atoms with Crippen LogP contribution in [0.2, 0.25) is 0 Å². The number of aliphatic carboxylic acids is 1. The first-order valence-corrected chi connectivity index (χ1v) is 6.83. The largest absolute Gasteiger partial charge is 0.477 e. The molecule has 0 saturated heterocycles. The summed E-state index contributed by atoms with van der Waals surface area (Å²) in [7, 11) is 0. The van der Waals surface area contributed by atoms with E-state index in [1.165, 1.54) is 11.3 Å². The van der Waals surface area contributed by atoms with Gasteiger partial charge in [0.25, 0.3) is 5.91 Å². The van der Waals surface area contributed by atoms with Crippen LogP contribution < -0.4 is 0 Å². The summed E-state index contributed by atoms with van der Waals surface area (Å²) in [5.41, 5.74) is 0.245. The molecule has 0 aliphatic rings. The first-order chi connectivity index (χ1) is 9.56. The minimum atomic E-state index is -1.17. The molecule has 1 heterocycles. The molecular formula is C15H13NO3S. The lowest BCUT2D eigenvalue weighted by Crippen LogP contribution is -2.17. The normalized spacial score (nSPS) is 11.3. The van der Waals surface area contributed by atoms with E-state index >= 15 is 0 Å². The lowest BCUT2D eigenvalue weighted by atomic mass is 10.2. The molecule has 4 nitrogen and oxygen atoms in total. The second-order valence-corrected chi connectivity index (χ2v) is 5.60. The number of aryl methyl sites for hydroxylation is 1. The van der Waals surface area contributed by atoms with E-state index in [4.69, 9.17) is 5.11 Å². The molecule has 102 valence electrons. The van der Waals surface area contributed by atoms with Gasteiger partial charge >= 0.3 is 5.97 Å². The van der Waals surface area contributed by atoms with Gasteiger partial charge in [-0.3, -0.25) is 4.79 Å². The van der Waals surface area contributed by atoms with E-state index < -0.39 is 11.9 Å². The van der Waals surface area contributed by atoms with Crippen molar-refractivity contribution < 1.29 is 14.7 Å². The van der Waals surface area contributed by atoms with Crippen LogP contribution in [-0.4, -0.2) is 22.7 Å². The number of nitrogens with zero attached hydrogens (tertiary/aromatic N) is 1. The van der Waals surface area contributed by atoms with E-state index in [2.05, 4.69) is 4.99 Å². The Hall–Kier alpha value is -2.27. The van der Waals surface area contributed by atoms with Gasteiger partial charge in [0.1, 0.15) is 5.71 Å². The van der Waals surface area contributed by atoms with Crippen molar-refractivity contribution in [3.63, 3.8) is 0 Å². The van der Waals surface area contributed by atoms with Gasteiger partial charge in [-0.1, -0.05) is 18.2 Å². The SMILES string of the molecule is Cc1ccc(CC(=NC(=O)c2ccccc2)C(=O)O)s1. The second kappa shape index (κ2) is 6.25. The van der Waals surface area contributed by atoms with Crippen molar-refractivity contribution in [2.24, 2.45) is 4.99 Å². The van der Waals surface area contributed by atoms with E-state index in [9.17, 15) is 9.59 Å². The highest BCUT2D eigenvalue weighted by Crippen LogP contribution is 2.16. The zero-order valence-corrected chi connectivity index (χ0v) is 11.7. The first-order valence-electron chi connectivity index (χ1n) is 6.02. The molecule has 5 heteroatoms. The number of amides is 1. The minimum Gasteiger partial charge on any atom is -0.477 e. The van der Waals surface area contributed by atoms with Crippen LogP contribution >= 0.6 is 11.3 Å². The van der Waals surface area contributed by atoms with Gasteiger partial charge in [0.05, 0.1) is 0 Å². The fourth-order valence-corrected chi connectivity index (χ4v) is 2.57. The van der Waals surface area contributed by atoms with E-state index in [0.717, 1.165) is 9.75 Å². The predicted octanol–water partition coefficient (Wildman–Crippen LogP) is 2.97. The molecule has 2 aromatic rings. The monoisotopic (exact) mass is 287 g/mol. The molecule has 0 spiro atoms. The van der Waals surface area contributed by atoms with Gasteiger partial charge in [0.15, 0.2) is 0 Å². The first kappa shape index (κ1) is 14.1. The summed E-state index contributed by atoms with van der Waals surface area (Å²) in [4.78, 5) is 28.8. The molecule has 0 aliphatic carbocycles. The number of aliphatic imine (C=N–C) groups is 1. The number of carbonyl (C=O) groups is 2. The summed E-state index contributed by atoms with van der Waals surface area (Å²) in [5.74, 6) is -1.70. The number of carboxylic acid groups (broad SMARTS) is 1. The Labute approximate surface area is 120 Å². The van der Waals surface area contributed by atoms with Crippen LogP contribution in [0.15, 0.2) is 47.5 Å². The van der Waals surface area contributed by atoms with E-state index in [-0.39, 0.29) is 12.1 Å². The number of hydrogen-bond donors (Lipinski definition) is 1. The summed E-state index contributed by atoms with van der Waals surface area (Å²) in [6.07, 6.45) is 0.159. The van der Waals surface area contributed by atoms with Crippen LogP contribution in [0.4, 0.5) is 0 Å². The van der Waals surface area contributed by atoms with E-state index in [0.29, 0.717) is 5.56 Å². The average molecular weight is 287 g/mol.